The zero-order chi connectivity index (χ0) is 31.4. The average Bonchev–Trinajstić information content (AvgIpc) is 3.59. The van der Waals surface area contributed by atoms with Crippen molar-refractivity contribution in [3.05, 3.63) is 12.2 Å². The van der Waals surface area contributed by atoms with E-state index in [1.165, 1.54) is 19.3 Å². The lowest BCUT2D eigenvalue weighted by Gasteiger charge is -2.47. The molecule has 2 bridgehead atoms. The van der Waals surface area contributed by atoms with Crippen LogP contribution in [0.5, 0.6) is 0 Å². The van der Waals surface area contributed by atoms with Crippen LogP contribution >= 0.6 is 0 Å². The van der Waals surface area contributed by atoms with Gasteiger partial charge in [0.15, 0.2) is 8.32 Å². The molecule has 1 heterocycles. The second-order valence-corrected chi connectivity index (χ2v) is 32.4. The lowest BCUT2D eigenvalue weighted by Crippen LogP contribution is -2.61. The number of hydrogen-bond donors (Lipinski definition) is 0. The van der Waals surface area contributed by atoms with Gasteiger partial charge in [-0.25, -0.2) is 0 Å². The second-order valence-electron chi connectivity index (χ2n) is 14.8. The molecule has 1 aliphatic heterocycles. The summed E-state index contributed by atoms with van der Waals surface area (Å²) in [6.45, 7) is 27.3. The van der Waals surface area contributed by atoms with Crippen molar-refractivity contribution in [2.45, 2.75) is 117 Å². The minimum atomic E-state index is -2.69. The first-order valence-electron chi connectivity index (χ1n) is 16.8. The predicted octanol–water partition coefficient (Wildman–Crippen LogP) is 7.69. The molecule has 0 radical (unpaired) electrons. The van der Waals surface area contributed by atoms with Crippen molar-refractivity contribution in [1.29, 1.82) is 0 Å². The summed E-state index contributed by atoms with van der Waals surface area (Å²) >= 11 is 0. The van der Waals surface area contributed by atoms with Gasteiger partial charge in [-0.1, -0.05) is 32.9 Å². The highest BCUT2D eigenvalue weighted by atomic mass is 28.5. The molecule has 1 saturated heterocycles. The van der Waals surface area contributed by atoms with E-state index < -0.39 is 43.3 Å². The largest absolute Gasteiger partial charge is 0.437 e. The minimum Gasteiger partial charge on any atom is -0.437 e. The lowest BCUT2D eigenvalue weighted by atomic mass is 9.81. The van der Waals surface area contributed by atoms with E-state index in [0.29, 0.717) is 17.4 Å². The van der Waals surface area contributed by atoms with Crippen LogP contribution in [0.25, 0.3) is 0 Å². The molecule has 0 aromatic carbocycles. The number of rotatable bonds is 17. The van der Waals surface area contributed by atoms with Crippen molar-refractivity contribution < 1.29 is 30.4 Å². The third-order valence-electron chi connectivity index (χ3n) is 9.74. The summed E-state index contributed by atoms with van der Waals surface area (Å²) in [7, 11) is -9.56. The van der Waals surface area contributed by atoms with Crippen LogP contribution in [0.4, 0.5) is 0 Å². The van der Waals surface area contributed by atoms with E-state index in [-0.39, 0.29) is 5.41 Å². The molecule has 0 aromatic rings. The van der Waals surface area contributed by atoms with E-state index in [4.69, 9.17) is 30.4 Å². The van der Waals surface area contributed by atoms with Gasteiger partial charge >= 0.3 is 35.0 Å². The van der Waals surface area contributed by atoms with Crippen molar-refractivity contribution >= 4 is 43.3 Å². The third-order valence-corrected chi connectivity index (χ3v) is 28.3. The summed E-state index contributed by atoms with van der Waals surface area (Å²) in [5.74, 6) is 3.02. The fourth-order valence-corrected chi connectivity index (χ4v) is 31.1. The van der Waals surface area contributed by atoms with Crippen molar-refractivity contribution in [2.24, 2.45) is 29.1 Å². The van der Waals surface area contributed by atoms with Gasteiger partial charge in [0.1, 0.15) is 0 Å². The Balaban J connectivity index is 0.00000237. The van der Waals surface area contributed by atoms with Gasteiger partial charge in [0.2, 0.25) is 0 Å². The summed E-state index contributed by atoms with van der Waals surface area (Å²) in [6, 6.07) is 0.885. The first-order chi connectivity index (χ1) is 19.6. The van der Waals surface area contributed by atoms with Crippen molar-refractivity contribution in [1.82, 2.24) is 0 Å². The summed E-state index contributed by atoms with van der Waals surface area (Å²) in [5, 5.41) is 0. The van der Waals surface area contributed by atoms with Crippen molar-refractivity contribution in [3.63, 3.8) is 0 Å². The number of hydrogen-bond acceptors (Lipinski definition) is 7. The summed E-state index contributed by atoms with van der Waals surface area (Å²) in [6.07, 6.45) is 10.8. The predicted molar refractivity (Wildman–Crippen MR) is 184 cm³/mol. The van der Waals surface area contributed by atoms with Crippen LogP contribution in [-0.4, -0.2) is 76.8 Å². The number of ether oxygens (including phenoxy) is 2. The van der Waals surface area contributed by atoms with E-state index >= 15 is 0 Å². The molecule has 4 aliphatic rings. The molecule has 8 atom stereocenters. The molecule has 0 spiro atoms. The standard InChI is InChI=1S/C28H58O7Si5.C2H6/c1-11-28(21-31-22-28)20-30-16-13-17-39(9,34-38(7,8)33-37(4,5)6)35-40(10,32-36(3)29-2)27-19-23-18-26(27)25-15-12-14-24(23)25;1-2/h12,15,23-27,36H,11,13-14,16-22H2,1-10H3;1-2H3. The van der Waals surface area contributed by atoms with Gasteiger partial charge in [-0.05, 0) is 114 Å². The lowest BCUT2D eigenvalue weighted by molar-refractivity contribution is -0.150. The van der Waals surface area contributed by atoms with Gasteiger partial charge in [-0.15, -0.1) is 0 Å². The molecule has 2 saturated carbocycles. The molecular weight excluding hydrogens is 613 g/mol. The highest BCUT2D eigenvalue weighted by Crippen LogP contribution is 2.64. The Labute approximate surface area is 264 Å². The quantitative estimate of drug-likeness (QED) is 0.0889. The minimum absolute atomic E-state index is 0.211. The third kappa shape index (κ3) is 9.31. The second kappa shape index (κ2) is 15.0. The topological polar surface area (TPSA) is 64.6 Å². The first kappa shape index (κ1) is 37.0. The average molecular weight is 677 g/mol. The SMILES string of the molecule is CC.CCC1(COCCC[Si](C)(O[Si](C)(C)O[Si](C)(C)C)O[Si](C)(O[SiH](C)OC)C2CC3CC2C2C=CCC32)COC1. The molecule has 7 nitrogen and oxygen atoms in total. The normalized spacial score (nSPS) is 31.5. The Morgan fingerprint density at radius 3 is 2.21 bits per heavy atom. The number of allylic oxidation sites excluding steroid dienone is 2. The highest BCUT2D eigenvalue weighted by molar-refractivity contribution is 6.89. The van der Waals surface area contributed by atoms with Crippen LogP contribution in [0.15, 0.2) is 12.2 Å². The van der Waals surface area contributed by atoms with E-state index in [9.17, 15) is 0 Å². The van der Waals surface area contributed by atoms with Crippen LogP contribution in [0.3, 0.4) is 0 Å². The fraction of sp³-hybridized carbons (Fsp3) is 0.933. The molecule has 3 fully saturated rings. The maximum Gasteiger partial charge on any atom is 0.320 e. The molecule has 0 amide bonds. The monoisotopic (exact) mass is 676 g/mol. The summed E-state index contributed by atoms with van der Waals surface area (Å²) in [5.41, 5.74) is 0.701. The Kier molecular flexibility index (Phi) is 13.2. The van der Waals surface area contributed by atoms with Gasteiger partial charge < -0.3 is 30.4 Å². The zero-order valence-electron chi connectivity index (χ0n) is 29.0. The molecule has 8 unspecified atom stereocenters. The Bertz CT molecular complexity index is 877. The van der Waals surface area contributed by atoms with Crippen molar-refractivity contribution in [2.75, 3.05) is 33.5 Å². The summed E-state index contributed by atoms with van der Waals surface area (Å²) in [4.78, 5) is 0. The van der Waals surface area contributed by atoms with Crippen molar-refractivity contribution in [3.8, 4) is 0 Å². The molecule has 4 rings (SSSR count). The molecule has 3 aliphatic carbocycles. The van der Waals surface area contributed by atoms with Crippen LogP contribution in [-0.2, 0) is 30.4 Å². The molecule has 42 heavy (non-hydrogen) atoms. The molecule has 0 N–H and O–H groups in total. The van der Waals surface area contributed by atoms with Crippen LogP contribution < -0.4 is 0 Å². The highest BCUT2D eigenvalue weighted by Gasteiger charge is 2.62. The van der Waals surface area contributed by atoms with Crippen LogP contribution in [0.1, 0.15) is 52.9 Å². The fourth-order valence-electron chi connectivity index (χ4n) is 8.11. The first-order valence-corrected chi connectivity index (χ1v) is 30.0. The Morgan fingerprint density at radius 2 is 1.64 bits per heavy atom. The van der Waals surface area contributed by atoms with Gasteiger partial charge in [0.25, 0.3) is 0 Å². The van der Waals surface area contributed by atoms with Gasteiger partial charge in [-0.3, -0.25) is 0 Å². The van der Waals surface area contributed by atoms with E-state index in [2.05, 4.69) is 71.5 Å². The molecule has 12 heteroatoms. The molecule has 0 aromatic heterocycles. The van der Waals surface area contributed by atoms with E-state index in [1.807, 2.05) is 13.8 Å². The van der Waals surface area contributed by atoms with Gasteiger partial charge in [-0.2, -0.15) is 0 Å². The van der Waals surface area contributed by atoms with E-state index in [0.717, 1.165) is 57.1 Å². The summed E-state index contributed by atoms with van der Waals surface area (Å²) < 4.78 is 45.8. The van der Waals surface area contributed by atoms with Gasteiger partial charge in [0.05, 0.1) is 19.8 Å². The maximum atomic E-state index is 7.49. The maximum absolute atomic E-state index is 7.49. The number of fused-ring (bicyclic) bond motifs is 5. The van der Waals surface area contributed by atoms with Crippen LogP contribution in [0, 0.1) is 29.1 Å². The van der Waals surface area contributed by atoms with Crippen LogP contribution in [0.2, 0.25) is 64.0 Å². The smallest absolute Gasteiger partial charge is 0.320 e. The molecule has 246 valence electrons. The van der Waals surface area contributed by atoms with E-state index in [1.54, 1.807) is 7.11 Å². The van der Waals surface area contributed by atoms with Gasteiger partial charge in [0, 0.05) is 24.7 Å². The Morgan fingerprint density at radius 1 is 0.952 bits per heavy atom. The zero-order valence-corrected chi connectivity index (χ0v) is 34.2. The molecular formula is C30H64O7Si5. The Hall–Kier alpha value is 0.544.